The first kappa shape index (κ1) is 28.3. The fourth-order valence-corrected chi connectivity index (χ4v) is 6.73. The van der Waals surface area contributed by atoms with E-state index in [0.29, 0.717) is 46.5 Å². The van der Waals surface area contributed by atoms with Gasteiger partial charge in [0.15, 0.2) is 5.13 Å². The Morgan fingerprint density at radius 1 is 1.19 bits per heavy atom. The molecule has 0 bridgehead atoms. The van der Waals surface area contributed by atoms with Crippen LogP contribution >= 0.6 is 11.3 Å². The third-order valence-electron chi connectivity index (χ3n) is 8.41. The minimum absolute atomic E-state index is 0.133. The predicted octanol–water partition coefficient (Wildman–Crippen LogP) is 4.23. The molecule has 0 saturated heterocycles. The van der Waals surface area contributed by atoms with Gasteiger partial charge in [0.05, 0.1) is 12.3 Å². The van der Waals surface area contributed by atoms with E-state index in [1.807, 2.05) is 16.7 Å². The van der Waals surface area contributed by atoms with E-state index in [1.165, 1.54) is 9.44 Å². The molecule has 42 heavy (non-hydrogen) atoms. The number of carbonyl (C=O) groups excluding carboxylic acids is 1. The van der Waals surface area contributed by atoms with Gasteiger partial charge in [0.1, 0.15) is 17.2 Å². The number of amides is 1. The van der Waals surface area contributed by atoms with Crippen LogP contribution in [0.4, 0.5) is 16.6 Å². The van der Waals surface area contributed by atoms with Gasteiger partial charge in [-0.3, -0.25) is 14.5 Å². The molecule has 2 aliphatic rings. The number of carbonyl (C=O) groups is 1. The Morgan fingerprint density at radius 3 is 2.79 bits per heavy atom. The van der Waals surface area contributed by atoms with Crippen LogP contribution in [0, 0.1) is 5.41 Å². The highest BCUT2D eigenvalue weighted by atomic mass is 32.1. The molecule has 3 N–H and O–H groups in total. The molecule has 0 aliphatic carbocycles. The van der Waals surface area contributed by atoms with Crippen molar-refractivity contribution in [1.29, 1.82) is 0 Å². The SMILES string of the molecule is CCC(C)(C)Cc1cc2n(c1)CCN(c1nccc(-c3cc(Nc4nc5c(s4)CNCC5)c(=O)n(C)c3)c1CO)C2=O. The summed E-state index contributed by atoms with van der Waals surface area (Å²) in [7, 11) is 1.70. The lowest BCUT2D eigenvalue weighted by Crippen LogP contribution is -2.41. The first-order valence-electron chi connectivity index (χ1n) is 14.4. The second kappa shape index (κ2) is 11.1. The smallest absolute Gasteiger partial charge is 0.276 e. The number of thiazole rings is 1. The highest BCUT2D eigenvalue weighted by molar-refractivity contribution is 7.15. The summed E-state index contributed by atoms with van der Waals surface area (Å²) >= 11 is 1.55. The van der Waals surface area contributed by atoms with Crippen molar-refractivity contribution >= 4 is 33.9 Å². The van der Waals surface area contributed by atoms with Crippen LogP contribution in [0.3, 0.4) is 0 Å². The Hall–Kier alpha value is -3.80. The fraction of sp³-hybridized carbons (Fsp3) is 0.419. The summed E-state index contributed by atoms with van der Waals surface area (Å²) < 4.78 is 3.55. The van der Waals surface area contributed by atoms with E-state index in [1.54, 1.807) is 41.7 Å². The minimum atomic E-state index is -0.308. The quantitative estimate of drug-likeness (QED) is 0.283. The number of hydrogen-bond donors (Lipinski definition) is 3. The molecule has 0 aromatic carbocycles. The van der Waals surface area contributed by atoms with Gasteiger partial charge in [-0.25, -0.2) is 9.97 Å². The summed E-state index contributed by atoms with van der Waals surface area (Å²) in [6.07, 6.45) is 8.30. The Kier molecular flexibility index (Phi) is 7.50. The average Bonchev–Trinajstić information content (AvgIpc) is 3.58. The van der Waals surface area contributed by atoms with Gasteiger partial charge >= 0.3 is 0 Å². The molecule has 1 amide bonds. The fourth-order valence-electron chi connectivity index (χ4n) is 5.74. The Balaban J connectivity index is 1.33. The lowest BCUT2D eigenvalue weighted by atomic mass is 9.84. The van der Waals surface area contributed by atoms with Crippen LogP contribution in [0.1, 0.15) is 59.4 Å². The zero-order valence-corrected chi connectivity index (χ0v) is 25.3. The van der Waals surface area contributed by atoms with Crippen molar-refractivity contribution in [2.45, 2.75) is 59.7 Å². The summed E-state index contributed by atoms with van der Waals surface area (Å²) in [6, 6.07) is 5.59. The molecule has 11 heteroatoms. The third kappa shape index (κ3) is 5.28. The van der Waals surface area contributed by atoms with Gasteiger partial charge in [0.2, 0.25) is 0 Å². The largest absolute Gasteiger partial charge is 0.392 e. The minimum Gasteiger partial charge on any atom is -0.392 e. The van der Waals surface area contributed by atoms with Crippen molar-refractivity contribution in [3.63, 3.8) is 0 Å². The van der Waals surface area contributed by atoms with Crippen LogP contribution in [0.25, 0.3) is 11.1 Å². The highest BCUT2D eigenvalue weighted by Crippen LogP contribution is 2.34. The van der Waals surface area contributed by atoms with E-state index in [0.717, 1.165) is 49.2 Å². The number of aromatic nitrogens is 4. The number of aliphatic hydroxyl groups is 1. The third-order valence-corrected chi connectivity index (χ3v) is 9.42. The van der Waals surface area contributed by atoms with Gasteiger partial charge in [-0.15, -0.1) is 11.3 Å². The molecule has 6 rings (SSSR count). The van der Waals surface area contributed by atoms with Crippen LogP contribution in [0.2, 0.25) is 0 Å². The normalized spacial score (nSPS) is 15.1. The molecule has 220 valence electrons. The number of anilines is 3. The van der Waals surface area contributed by atoms with Gasteiger partial charge in [0.25, 0.3) is 11.5 Å². The number of pyridine rings is 2. The summed E-state index contributed by atoms with van der Waals surface area (Å²) in [5, 5.41) is 17.8. The summed E-state index contributed by atoms with van der Waals surface area (Å²) in [5.74, 6) is 0.303. The van der Waals surface area contributed by atoms with Gasteiger partial charge in [-0.1, -0.05) is 27.2 Å². The molecule has 0 unspecified atom stereocenters. The molecule has 10 nitrogen and oxygen atoms in total. The topological polar surface area (TPSA) is 117 Å². The zero-order valence-electron chi connectivity index (χ0n) is 24.5. The molecule has 4 aromatic rings. The van der Waals surface area contributed by atoms with Gasteiger partial charge in [0, 0.05) is 74.2 Å². The highest BCUT2D eigenvalue weighted by Gasteiger charge is 2.30. The Bertz CT molecular complexity index is 1690. The van der Waals surface area contributed by atoms with E-state index in [4.69, 9.17) is 4.98 Å². The van der Waals surface area contributed by atoms with Crippen LogP contribution in [0.15, 0.2) is 41.6 Å². The molecule has 0 saturated carbocycles. The van der Waals surface area contributed by atoms with Crippen molar-refractivity contribution in [3.8, 4) is 11.1 Å². The molecule has 4 aromatic heterocycles. The number of aliphatic hydroxyl groups excluding tert-OH is 1. The molecule has 6 heterocycles. The van der Waals surface area contributed by atoms with Crippen LogP contribution in [-0.4, -0.2) is 43.2 Å². The van der Waals surface area contributed by atoms with Crippen molar-refractivity contribution in [3.05, 3.63) is 74.5 Å². The monoisotopic (exact) mass is 587 g/mol. The molecule has 0 fully saturated rings. The molecular formula is C31H37N7O3S. The maximum Gasteiger partial charge on any atom is 0.276 e. The first-order chi connectivity index (χ1) is 20.2. The standard InChI is InChI=1S/C31H37N7O3S/c1-5-31(2,3)14-19-12-25-29(41)38(11-10-37(25)16-19)27-22(18-39)21(6-9-33-27)20-13-24(28(40)36(4)17-20)35-30-34-23-7-8-32-15-26(23)42-30/h6,9,12-13,16-17,32,39H,5,7-8,10-11,14-15,18H2,1-4H3,(H,34,35). The second-order valence-corrected chi connectivity index (χ2v) is 13.0. The molecule has 0 spiro atoms. The van der Waals surface area contributed by atoms with E-state index in [-0.39, 0.29) is 23.5 Å². The number of nitrogens with one attached hydrogen (secondary N) is 2. The van der Waals surface area contributed by atoms with E-state index in [9.17, 15) is 14.7 Å². The lowest BCUT2D eigenvalue weighted by molar-refractivity contribution is 0.0964. The van der Waals surface area contributed by atoms with Crippen molar-refractivity contribution < 1.29 is 9.90 Å². The number of hydrogen-bond acceptors (Lipinski definition) is 8. The maximum atomic E-state index is 13.7. The Labute approximate surface area is 249 Å². The van der Waals surface area contributed by atoms with Crippen molar-refractivity contribution in [1.82, 2.24) is 24.4 Å². The zero-order chi connectivity index (χ0) is 29.6. The van der Waals surface area contributed by atoms with Gasteiger partial charge < -0.3 is 24.9 Å². The molecule has 0 radical (unpaired) electrons. The van der Waals surface area contributed by atoms with Gasteiger partial charge in [-0.2, -0.15) is 0 Å². The maximum absolute atomic E-state index is 13.7. The second-order valence-electron chi connectivity index (χ2n) is 11.9. The average molecular weight is 588 g/mol. The number of aryl methyl sites for hydroxylation is 1. The van der Waals surface area contributed by atoms with Crippen molar-refractivity contribution in [2.75, 3.05) is 23.3 Å². The summed E-state index contributed by atoms with van der Waals surface area (Å²) in [5.41, 5.74) is 5.19. The summed E-state index contributed by atoms with van der Waals surface area (Å²) in [4.78, 5) is 38.9. The number of nitrogens with zero attached hydrogens (tertiary/aromatic N) is 5. The first-order valence-corrected chi connectivity index (χ1v) is 15.3. The molecule has 2 aliphatic heterocycles. The summed E-state index contributed by atoms with van der Waals surface area (Å²) in [6.45, 7) is 9.12. The number of rotatable bonds is 8. The van der Waals surface area contributed by atoms with E-state index >= 15 is 0 Å². The predicted molar refractivity (Wildman–Crippen MR) is 166 cm³/mol. The Morgan fingerprint density at radius 2 is 2.02 bits per heavy atom. The van der Waals surface area contributed by atoms with E-state index < -0.39 is 0 Å². The number of fused-ring (bicyclic) bond motifs is 2. The molecule has 0 atom stereocenters. The van der Waals surface area contributed by atoms with Crippen LogP contribution < -0.4 is 21.1 Å². The van der Waals surface area contributed by atoms with Gasteiger partial charge in [-0.05, 0) is 41.2 Å². The van der Waals surface area contributed by atoms with Crippen LogP contribution in [-0.2, 0) is 39.6 Å². The van der Waals surface area contributed by atoms with E-state index in [2.05, 4.69) is 42.6 Å². The molecular weight excluding hydrogens is 550 g/mol. The van der Waals surface area contributed by atoms with Crippen LogP contribution in [0.5, 0.6) is 0 Å². The lowest BCUT2D eigenvalue weighted by Gasteiger charge is -2.29. The van der Waals surface area contributed by atoms with Crippen molar-refractivity contribution in [2.24, 2.45) is 12.5 Å².